The van der Waals surface area contributed by atoms with Crippen LogP contribution < -0.4 is 0 Å². The number of benzene rings is 1. The highest BCUT2D eigenvalue weighted by molar-refractivity contribution is 7.89. The molecule has 2 rings (SSSR count). The molecule has 4 heteroatoms. The summed E-state index contributed by atoms with van der Waals surface area (Å²) in [5.74, 6) is 1.03. The number of aryl methyl sites for hydroxylation is 1. The topological polar surface area (TPSA) is 37.4 Å². The van der Waals surface area contributed by atoms with E-state index in [1.165, 1.54) is 0 Å². The van der Waals surface area contributed by atoms with Crippen molar-refractivity contribution in [3.05, 3.63) is 29.8 Å². The minimum Gasteiger partial charge on any atom is -0.207 e. The number of nitrogens with zero attached hydrogens (tertiary/aromatic N) is 1. The maximum Gasteiger partial charge on any atom is 0.243 e. The highest BCUT2D eigenvalue weighted by Crippen LogP contribution is 2.27. The molecule has 0 aromatic heterocycles. The van der Waals surface area contributed by atoms with Crippen LogP contribution in [-0.2, 0) is 10.0 Å². The Morgan fingerprint density at radius 1 is 1.22 bits per heavy atom. The van der Waals surface area contributed by atoms with Gasteiger partial charge in [-0.25, -0.2) is 8.42 Å². The lowest BCUT2D eigenvalue weighted by Crippen LogP contribution is -2.42. The number of sulfonamides is 1. The molecule has 18 heavy (non-hydrogen) atoms. The quantitative estimate of drug-likeness (QED) is 0.826. The van der Waals surface area contributed by atoms with Crippen LogP contribution in [0.5, 0.6) is 0 Å². The fourth-order valence-electron chi connectivity index (χ4n) is 2.37. The van der Waals surface area contributed by atoms with Crippen molar-refractivity contribution in [2.45, 2.75) is 32.1 Å². The van der Waals surface area contributed by atoms with E-state index >= 15 is 0 Å². The average Bonchev–Trinajstić information content (AvgIpc) is 2.32. The summed E-state index contributed by atoms with van der Waals surface area (Å²) >= 11 is 0. The minimum atomic E-state index is -3.31. The molecule has 1 aromatic rings. The summed E-state index contributed by atoms with van der Waals surface area (Å²) in [7, 11) is -3.31. The smallest absolute Gasteiger partial charge is 0.207 e. The zero-order valence-corrected chi connectivity index (χ0v) is 12.1. The van der Waals surface area contributed by atoms with Gasteiger partial charge >= 0.3 is 0 Å². The van der Waals surface area contributed by atoms with Crippen LogP contribution in [0.15, 0.2) is 29.2 Å². The van der Waals surface area contributed by atoms with Gasteiger partial charge in [0.2, 0.25) is 10.0 Å². The second-order valence-electron chi connectivity index (χ2n) is 5.42. The maximum atomic E-state index is 12.5. The Morgan fingerprint density at radius 3 is 2.56 bits per heavy atom. The fourth-order valence-corrected chi connectivity index (χ4v) is 4.03. The van der Waals surface area contributed by atoms with Crippen LogP contribution >= 0.6 is 0 Å². The number of rotatable bonds is 2. The van der Waals surface area contributed by atoms with Gasteiger partial charge in [0, 0.05) is 13.1 Å². The molecule has 100 valence electrons. The Labute approximate surface area is 110 Å². The lowest BCUT2D eigenvalue weighted by atomic mass is 9.90. The maximum absolute atomic E-state index is 12.5. The molecule has 0 N–H and O–H groups in total. The Hall–Kier alpha value is -0.870. The first-order valence-corrected chi connectivity index (χ1v) is 7.92. The van der Waals surface area contributed by atoms with Crippen molar-refractivity contribution in [3.63, 3.8) is 0 Å². The van der Waals surface area contributed by atoms with Crippen LogP contribution in [0.4, 0.5) is 0 Å². The first-order chi connectivity index (χ1) is 8.41. The third-order valence-electron chi connectivity index (χ3n) is 3.92. The standard InChI is InChI=1S/C14H21NO2S/c1-11-5-4-6-14(9-11)18(16,17)15-8-7-12(2)13(3)10-15/h4-6,9,12-13H,7-8,10H2,1-3H3/t12-,13?/m1/s1. The van der Waals surface area contributed by atoms with E-state index in [1.54, 1.807) is 22.5 Å². The zero-order valence-electron chi connectivity index (χ0n) is 11.3. The normalized spacial score (nSPS) is 26.2. The number of hydrogen-bond acceptors (Lipinski definition) is 2. The highest BCUT2D eigenvalue weighted by atomic mass is 32.2. The van der Waals surface area contributed by atoms with Crippen molar-refractivity contribution in [1.82, 2.24) is 4.31 Å². The summed E-state index contributed by atoms with van der Waals surface area (Å²) in [5, 5.41) is 0. The van der Waals surface area contributed by atoms with Crippen molar-refractivity contribution >= 4 is 10.0 Å². The van der Waals surface area contributed by atoms with Gasteiger partial charge in [-0.3, -0.25) is 0 Å². The van der Waals surface area contributed by atoms with Gasteiger partial charge in [0.1, 0.15) is 0 Å². The van der Waals surface area contributed by atoms with Crippen molar-refractivity contribution in [2.24, 2.45) is 11.8 Å². The predicted octanol–water partition coefficient (Wildman–Crippen LogP) is 2.66. The largest absolute Gasteiger partial charge is 0.243 e. The molecule has 1 fully saturated rings. The fraction of sp³-hybridized carbons (Fsp3) is 0.571. The number of piperidine rings is 1. The zero-order chi connectivity index (χ0) is 13.3. The molecule has 1 aliphatic rings. The molecule has 0 aliphatic carbocycles. The van der Waals surface area contributed by atoms with Crippen LogP contribution in [0.25, 0.3) is 0 Å². The van der Waals surface area contributed by atoms with Crippen molar-refractivity contribution in [3.8, 4) is 0 Å². The molecular formula is C14H21NO2S. The van der Waals surface area contributed by atoms with E-state index in [1.807, 2.05) is 13.0 Å². The van der Waals surface area contributed by atoms with Gasteiger partial charge in [-0.05, 0) is 42.9 Å². The summed E-state index contributed by atoms with van der Waals surface area (Å²) in [6, 6.07) is 7.15. The molecule has 0 amide bonds. The van der Waals surface area contributed by atoms with E-state index < -0.39 is 10.0 Å². The summed E-state index contributed by atoms with van der Waals surface area (Å²) in [6.07, 6.45) is 0.951. The van der Waals surface area contributed by atoms with E-state index in [2.05, 4.69) is 13.8 Å². The number of hydrogen-bond donors (Lipinski definition) is 0. The highest BCUT2D eigenvalue weighted by Gasteiger charge is 2.31. The van der Waals surface area contributed by atoms with Crippen LogP contribution in [0.3, 0.4) is 0 Å². The van der Waals surface area contributed by atoms with Crippen molar-refractivity contribution in [1.29, 1.82) is 0 Å². The van der Waals surface area contributed by atoms with E-state index in [4.69, 9.17) is 0 Å². The van der Waals surface area contributed by atoms with Crippen LogP contribution in [-0.4, -0.2) is 25.8 Å². The average molecular weight is 267 g/mol. The van der Waals surface area contributed by atoms with Crippen LogP contribution in [0, 0.1) is 18.8 Å². The Kier molecular flexibility index (Phi) is 3.78. The Balaban J connectivity index is 2.27. The molecule has 1 aliphatic heterocycles. The molecule has 1 unspecified atom stereocenters. The van der Waals surface area contributed by atoms with Gasteiger partial charge in [0.25, 0.3) is 0 Å². The molecule has 0 bridgehead atoms. The first-order valence-electron chi connectivity index (χ1n) is 6.48. The lowest BCUT2D eigenvalue weighted by Gasteiger charge is -2.34. The molecule has 1 aromatic carbocycles. The van der Waals surface area contributed by atoms with Crippen molar-refractivity contribution in [2.75, 3.05) is 13.1 Å². The first kappa shape index (κ1) is 13.6. The van der Waals surface area contributed by atoms with Crippen LogP contribution in [0.2, 0.25) is 0 Å². The van der Waals surface area contributed by atoms with Gasteiger partial charge in [0.15, 0.2) is 0 Å². The molecule has 0 saturated carbocycles. The van der Waals surface area contributed by atoms with Gasteiger partial charge in [-0.15, -0.1) is 0 Å². The van der Waals surface area contributed by atoms with Crippen LogP contribution in [0.1, 0.15) is 25.8 Å². The third-order valence-corrected chi connectivity index (χ3v) is 5.79. The SMILES string of the molecule is Cc1cccc(S(=O)(=O)N2CC[C@@H](C)C(C)C2)c1. The molecular weight excluding hydrogens is 246 g/mol. The summed E-state index contributed by atoms with van der Waals surface area (Å²) in [5.41, 5.74) is 0.981. The molecule has 0 radical (unpaired) electrons. The second kappa shape index (κ2) is 5.02. The summed E-state index contributed by atoms with van der Waals surface area (Å²) in [4.78, 5) is 0.421. The Morgan fingerprint density at radius 2 is 1.94 bits per heavy atom. The van der Waals surface area contributed by atoms with Gasteiger partial charge in [0.05, 0.1) is 4.90 Å². The molecule has 0 spiro atoms. The molecule has 2 atom stereocenters. The van der Waals surface area contributed by atoms with Gasteiger partial charge < -0.3 is 0 Å². The molecule has 1 saturated heterocycles. The lowest BCUT2D eigenvalue weighted by molar-refractivity contribution is 0.212. The Bertz CT molecular complexity index is 524. The third kappa shape index (κ3) is 2.59. The van der Waals surface area contributed by atoms with Gasteiger partial charge in [-0.2, -0.15) is 4.31 Å². The molecule has 1 heterocycles. The monoisotopic (exact) mass is 267 g/mol. The minimum absolute atomic E-state index is 0.421. The van der Waals surface area contributed by atoms with E-state index in [9.17, 15) is 8.42 Å². The second-order valence-corrected chi connectivity index (χ2v) is 7.36. The van der Waals surface area contributed by atoms with Gasteiger partial charge in [-0.1, -0.05) is 26.0 Å². The predicted molar refractivity (Wildman–Crippen MR) is 72.9 cm³/mol. The molecule has 3 nitrogen and oxygen atoms in total. The van der Waals surface area contributed by atoms with E-state index in [-0.39, 0.29) is 0 Å². The summed E-state index contributed by atoms with van der Waals surface area (Å²) in [6.45, 7) is 7.52. The summed E-state index contributed by atoms with van der Waals surface area (Å²) < 4.78 is 26.7. The van der Waals surface area contributed by atoms with E-state index in [0.717, 1.165) is 12.0 Å². The van der Waals surface area contributed by atoms with Crippen molar-refractivity contribution < 1.29 is 8.42 Å². The van der Waals surface area contributed by atoms with E-state index in [0.29, 0.717) is 29.8 Å².